The first-order valence-corrected chi connectivity index (χ1v) is 12.2. The molecule has 3 rings (SSSR count). The molecule has 1 amide bonds. The number of rotatable bonds is 3. The molecule has 0 bridgehead atoms. The van der Waals surface area contributed by atoms with Crippen LogP contribution in [0.3, 0.4) is 0 Å². The van der Waals surface area contributed by atoms with E-state index in [0.717, 1.165) is 22.4 Å². The van der Waals surface area contributed by atoms with Gasteiger partial charge < -0.3 is 4.90 Å². The van der Waals surface area contributed by atoms with Gasteiger partial charge in [0.2, 0.25) is 0 Å². The van der Waals surface area contributed by atoms with Gasteiger partial charge in [-0.1, -0.05) is 62.1 Å². The van der Waals surface area contributed by atoms with Crippen molar-refractivity contribution in [2.45, 2.75) is 26.6 Å². The van der Waals surface area contributed by atoms with Gasteiger partial charge in [-0.15, -0.1) is 6.58 Å². The monoisotopic (exact) mass is 347 g/mol. The molecule has 2 nitrogen and oxygen atoms in total. The van der Waals surface area contributed by atoms with Crippen LogP contribution in [0.2, 0.25) is 19.6 Å². The van der Waals surface area contributed by atoms with Crippen molar-refractivity contribution >= 4 is 30.4 Å². The first-order valence-electron chi connectivity index (χ1n) is 8.69. The Morgan fingerprint density at radius 2 is 1.52 bits per heavy atom. The Hall–Kier alpha value is -2.39. The van der Waals surface area contributed by atoms with E-state index in [1.807, 2.05) is 41.3 Å². The summed E-state index contributed by atoms with van der Waals surface area (Å²) in [7, 11) is -1.68. The first-order chi connectivity index (χ1) is 11.9. The highest BCUT2D eigenvalue weighted by atomic mass is 28.3. The van der Waals surface area contributed by atoms with Crippen LogP contribution >= 0.6 is 0 Å². The molecule has 0 N–H and O–H groups in total. The van der Waals surface area contributed by atoms with E-state index in [0.29, 0.717) is 6.54 Å². The maximum atomic E-state index is 13.4. The molecule has 0 atom stereocenters. The molecule has 0 saturated heterocycles. The summed E-state index contributed by atoms with van der Waals surface area (Å²) >= 11 is 0. The summed E-state index contributed by atoms with van der Waals surface area (Å²) in [6.45, 7) is 13.6. The zero-order chi connectivity index (χ0) is 18.2. The van der Waals surface area contributed by atoms with Gasteiger partial charge in [0.15, 0.2) is 0 Å². The van der Waals surface area contributed by atoms with E-state index in [4.69, 9.17) is 0 Å². The van der Waals surface area contributed by atoms with Gasteiger partial charge in [-0.25, -0.2) is 0 Å². The highest BCUT2D eigenvalue weighted by Gasteiger charge is 2.32. The summed E-state index contributed by atoms with van der Waals surface area (Å²) in [6, 6.07) is 16.3. The number of nitrogens with zero attached hydrogens (tertiary/aromatic N) is 1. The van der Waals surface area contributed by atoms with Crippen molar-refractivity contribution in [2.75, 3.05) is 11.4 Å². The summed E-state index contributed by atoms with van der Waals surface area (Å²) in [6.07, 6.45) is 1.79. The second kappa shape index (κ2) is 6.49. The van der Waals surface area contributed by atoms with Crippen LogP contribution in [0.4, 0.5) is 5.69 Å². The van der Waals surface area contributed by atoms with Crippen LogP contribution in [0.25, 0.3) is 10.8 Å². The van der Waals surface area contributed by atoms with Crippen LogP contribution < -0.4 is 4.90 Å². The van der Waals surface area contributed by atoms with E-state index < -0.39 is 8.07 Å². The van der Waals surface area contributed by atoms with Crippen LogP contribution in [-0.2, 0) is 0 Å². The van der Waals surface area contributed by atoms with E-state index in [1.54, 1.807) is 6.08 Å². The lowest BCUT2D eigenvalue weighted by atomic mass is 9.95. The fourth-order valence-electron chi connectivity index (χ4n) is 3.78. The number of hydrogen-bond donors (Lipinski definition) is 0. The molecule has 3 heteroatoms. The number of allylic oxidation sites excluding steroid dienone is 1. The second-order valence-corrected chi connectivity index (χ2v) is 12.5. The number of carbonyl (C=O) groups is 1. The standard InChI is InChI=1S/C22H25NOSi/c1-6-15-23-20-14-10-9-11-17(20)16(2)21(25(3,4)5)18-12-7-8-13-19(18)22(23)24/h6-14H,1,15H2,2-5H3/b21-16+. The van der Waals surface area contributed by atoms with Crippen LogP contribution in [0.1, 0.15) is 28.4 Å². The van der Waals surface area contributed by atoms with Gasteiger partial charge in [0.05, 0.1) is 13.8 Å². The summed E-state index contributed by atoms with van der Waals surface area (Å²) < 4.78 is 0. The van der Waals surface area contributed by atoms with Gasteiger partial charge >= 0.3 is 0 Å². The van der Waals surface area contributed by atoms with Gasteiger partial charge in [0.25, 0.3) is 5.91 Å². The van der Waals surface area contributed by atoms with E-state index in [9.17, 15) is 4.79 Å². The third-order valence-electron chi connectivity index (χ3n) is 4.71. The van der Waals surface area contributed by atoms with Crippen LogP contribution in [0.15, 0.2) is 61.2 Å². The lowest BCUT2D eigenvalue weighted by molar-refractivity contribution is 0.0989. The van der Waals surface area contributed by atoms with Crippen LogP contribution in [0.5, 0.6) is 0 Å². The minimum atomic E-state index is -1.68. The molecule has 1 aliphatic rings. The Kier molecular flexibility index (Phi) is 4.52. The molecule has 0 aliphatic carbocycles. The average molecular weight is 348 g/mol. The maximum absolute atomic E-state index is 13.4. The smallest absolute Gasteiger partial charge is 0.259 e. The Morgan fingerprint density at radius 3 is 2.12 bits per heavy atom. The van der Waals surface area contributed by atoms with Gasteiger partial charge in [0.1, 0.15) is 0 Å². The zero-order valence-electron chi connectivity index (χ0n) is 15.5. The topological polar surface area (TPSA) is 20.3 Å². The molecule has 1 heterocycles. The highest BCUT2D eigenvalue weighted by Crippen LogP contribution is 2.41. The van der Waals surface area contributed by atoms with E-state index in [-0.39, 0.29) is 5.91 Å². The molecule has 2 aromatic carbocycles. The normalized spacial score (nSPS) is 17.4. The van der Waals surface area contributed by atoms with E-state index >= 15 is 0 Å². The molecule has 128 valence electrons. The molecule has 0 saturated carbocycles. The molecular formula is C22H25NOSi. The third-order valence-corrected chi connectivity index (χ3v) is 6.85. The summed E-state index contributed by atoms with van der Waals surface area (Å²) in [5.41, 5.74) is 5.27. The quantitative estimate of drug-likeness (QED) is 0.519. The van der Waals surface area contributed by atoms with Crippen molar-refractivity contribution in [3.05, 3.63) is 77.9 Å². The molecule has 0 spiro atoms. The third kappa shape index (κ3) is 3.00. The molecule has 1 aliphatic heterocycles. The summed E-state index contributed by atoms with van der Waals surface area (Å²) in [5.74, 6) is 0.0474. The molecule has 2 aromatic rings. The highest BCUT2D eigenvalue weighted by molar-refractivity contribution is 6.95. The van der Waals surface area contributed by atoms with Gasteiger partial charge in [-0.3, -0.25) is 4.79 Å². The number of carbonyl (C=O) groups excluding carboxylic acids is 1. The summed E-state index contributed by atoms with van der Waals surface area (Å²) in [4.78, 5) is 15.2. The number of para-hydroxylation sites is 1. The molecule has 0 unspecified atom stereocenters. The second-order valence-electron chi connectivity index (χ2n) is 7.52. The van der Waals surface area contributed by atoms with Crippen molar-refractivity contribution in [3.8, 4) is 0 Å². The zero-order valence-corrected chi connectivity index (χ0v) is 16.5. The van der Waals surface area contributed by atoms with Crippen molar-refractivity contribution in [1.29, 1.82) is 0 Å². The minimum absolute atomic E-state index is 0.0474. The number of amides is 1. The molecule has 0 fully saturated rings. The molecule has 25 heavy (non-hydrogen) atoms. The van der Waals surface area contributed by atoms with Crippen molar-refractivity contribution in [2.24, 2.45) is 0 Å². The van der Waals surface area contributed by atoms with E-state index in [1.165, 1.54) is 10.8 Å². The lowest BCUT2D eigenvalue weighted by Gasteiger charge is -2.33. The largest absolute Gasteiger partial charge is 0.304 e. The predicted molar refractivity (Wildman–Crippen MR) is 111 cm³/mol. The number of benzene rings is 2. The Labute approximate surface area is 151 Å². The fourth-order valence-corrected chi connectivity index (χ4v) is 6.07. The molecular weight excluding hydrogens is 322 g/mol. The SMILES string of the molecule is C=CCN1C(=O)c2ccccc2/C([Si](C)(C)C)=C(/C)c2ccccc21. The van der Waals surface area contributed by atoms with Crippen LogP contribution in [-0.4, -0.2) is 20.5 Å². The average Bonchev–Trinajstić information content (AvgIpc) is 2.58. The number of fused-ring (bicyclic) bond motifs is 2. The Balaban J connectivity index is 2.45. The maximum Gasteiger partial charge on any atom is 0.259 e. The fraction of sp³-hybridized carbons (Fsp3) is 0.227. The minimum Gasteiger partial charge on any atom is -0.304 e. The van der Waals surface area contributed by atoms with Crippen molar-refractivity contribution < 1.29 is 4.79 Å². The lowest BCUT2D eigenvalue weighted by Crippen LogP contribution is -2.35. The van der Waals surface area contributed by atoms with E-state index in [2.05, 4.69) is 45.3 Å². The summed E-state index contributed by atoms with van der Waals surface area (Å²) in [5, 5.41) is 1.36. The molecule has 0 aromatic heterocycles. The van der Waals surface area contributed by atoms with Crippen molar-refractivity contribution in [1.82, 2.24) is 0 Å². The predicted octanol–water partition coefficient (Wildman–Crippen LogP) is 5.64. The Morgan fingerprint density at radius 1 is 0.960 bits per heavy atom. The number of hydrogen-bond acceptors (Lipinski definition) is 1. The molecule has 0 radical (unpaired) electrons. The van der Waals surface area contributed by atoms with Gasteiger partial charge in [-0.2, -0.15) is 0 Å². The van der Waals surface area contributed by atoms with Crippen LogP contribution in [0, 0.1) is 0 Å². The number of anilines is 1. The van der Waals surface area contributed by atoms with Gasteiger partial charge in [-0.05, 0) is 35.4 Å². The van der Waals surface area contributed by atoms with Gasteiger partial charge in [0, 0.05) is 17.7 Å². The van der Waals surface area contributed by atoms with Crippen molar-refractivity contribution in [3.63, 3.8) is 0 Å². The first kappa shape index (κ1) is 17.4. The Bertz CT molecular complexity index is 874.